The molecule has 1 aromatic heterocycles. The van der Waals surface area contributed by atoms with Gasteiger partial charge >= 0.3 is 5.97 Å². The monoisotopic (exact) mass is 437 g/mol. The first-order valence-corrected chi connectivity index (χ1v) is 12.1. The van der Waals surface area contributed by atoms with Gasteiger partial charge in [-0.3, -0.25) is 14.3 Å². The molecular formula is C26H35N3O3. The van der Waals surface area contributed by atoms with E-state index in [0.29, 0.717) is 25.5 Å². The van der Waals surface area contributed by atoms with Gasteiger partial charge in [0.25, 0.3) is 0 Å². The highest BCUT2D eigenvalue weighted by Gasteiger charge is 2.31. The molecule has 1 fully saturated rings. The van der Waals surface area contributed by atoms with Crippen LogP contribution >= 0.6 is 0 Å². The van der Waals surface area contributed by atoms with Crippen LogP contribution in [0.3, 0.4) is 0 Å². The molecule has 0 unspecified atom stereocenters. The van der Waals surface area contributed by atoms with E-state index in [4.69, 9.17) is 9.84 Å². The molecule has 1 saturated carbocycles. The number of esters is 1. The molecular weight excluding hydrogens is 402 g/mol. The standard InChI is InChI=1S/C26H35N3O3/c1-3-32-26(31)22-11-9-21(10-12-22)17-25(30)28-15-14-23-19(2)27-29(24(23)18-28)16-13-20-7-5-4-6-8-20/h4-8,21-22H,3,9-18H2,1-2H3. The van der Waals surface area contributed by atoms with Gasteiger partial charge in [0.1, 0.15) is 0 Å². The van der Waals surface area contributed by atoms with Gasteiger partial charge in [0.2, 0.25) is 5.91 Å². The van der Waals surface area contributed by atoms with Crippen molar-refractivity contribution in [1.29, 1.82) is 0 Å². The Kier molecular flexibility index (Phi) is 7.28. The highest BCUT2D eigenvalue weighted by atomic mass is 16.5. The minimum absolute atomic E-state index is 0.0146. The Morgan fingerprint density at radius 3 is 2.59 bits per heavy atom. The molecule has 6 nitrogen and oxygen atoms in total. The fourth-order valence-corrected chi connectivity index (χ4v) is 5.19. The van der Waals surface area contributed by atoms with Crippen molar-refractivity contribution in [2.75, 3.05) is 13.2 Å². The Hall–Kier alpha value is -2.63. The predicted octanol–water partition coefficient (Wildman–Crippen LogP) is 4.08. The number of amides is 1. The molecule has 1 amide bonds. The third-order valence-corrected chi connectivity index (χ3v) is 7.08. The van der Waals surface area contributed by atoms with E-state index >= 15 is 0 Å². The largest absolute Gasteiger partial charge is 0.466 e. The van der Waals surface area contributed by atoms with E-state index in [1.54, 1.807) is 0 Å². The normalized spacial score (nSPS) is 20.6. The molecule has 2 heterocycles. The van der Waals surface area contributed by atoms with Crippen LogP contribution in [0.1, 0.15) is 61.5 Å². The molecule has 1 aliphatic heterocycles. The summed E-state index contributed by atoms with van der Waals surface area (Å²) in [4.78, 5) is 27.1. The summed E-state index contributed by atoms with van der Waals surface area (Å²) in [5.41, 5.74) is 4.91. The second-order valence-corrected chi connectivity index (χ2v) is 9.21. The summed E-state index contributed by atoms with van der Waals surface area (Å²) < 4.78 is 7.28. The topological polar surface area (TPSA) is 64.4 Å². The first-order valence-electron chi connectivity index (χ1n) is 12.1. The van der Waals surface area contributed by atoms with E-state index in [-0.39, 0.29) is 17.8 Å². The van der Waals surface area contributed by atoms with Crippen molar-refractivity contribution in [2.24, 2.45) is 11.8 Å². The maximum absolute atomic E-state index is 13.1. The van der Waals surface area contributed by atoms with Crippen LogP contribution in [0, 0.1) is 18.8 Å². The van der Waals surface area contributed by atoms with E-state index in [1.807, 2.05) is 17.9 Å². The molecule has 0 radical (unpaired) electrons. The summed E-state index contributed by atoms with van der Waals surface area (Å²) in [5, 5.41) is 4.79. The van der Waals surface area contributed by atoms with Gasteiger partial charge in [-0.2, -0.15) is 5.10 Å². The van der Waals surface area contributed by atoms with Crippen molar-refractivity contribution in [3.8, 4) is 0 Å². The lowest BCUT2D eigenvalue weighted by molar-refractivity contribution is -0.149. The molecule has 32 heavy (non-hydrogen) atoms. The lowest BCUT2D eigenvalue weighted by Crippen LogP contribution is -2.38. The van der Waals surface area contributed by atoms with E-state index in [2.05, 4.69) is 35.9 Å². The zero-order valence-corrected chi connectivity index (χ0v) is 19.4. The van der Waals surface area contributed by atoms with Crippen LogP contribution in [0.2, 0.25) is 0 Å². The fraction of sp³-hybridized carbons (Fsp3) is 0.577. The summed E-state index contributed by atoms with van der Waals surface area (Å²) in [6.07, 6.45) is 5.95. The Morgan fingerprint density at radius 1 is 1.12 bits per heavy atom. The molecule has 6 heteroatoms. The summed E-state index contributed by atoms with van der Waals surface area (Å²) >= 11 is 0. The van der Waals surface area contributed by atoms with Crippen molar-refractivity contribution >= 4 is 11.9 Å². The maximum Gasteiger partial charge on any atom is 0.308 e. The van der Waals surface area contributed by atoms with Crippen molar-refractivity contribution < 1.29 is 14.3 Å². The van der Waals surface area contributed by atoms with Gasteiger partial charge in [0.15, 0.2) is 0 Å². The summed E-state index contributed by atoms with van der Waals surface area (Å²) in [7, 11) is 0. The maximum atomic E-state index is 13.1. The third-order valence-electron chi connectivity index (χ3n) is 7.08. The van der Waals surface area contributed by atoms with Gasteiger partial charge in [0, 0.05) is 19.5 Å². The van der Waals surface area contributed by atoms with Crippen LogP contribution in [0.5, 0.6) is 0 Å². The summed E-state index contributed by atoms with van der Waals surface area (Å²) in [6, 6.07) is 10.5. The van der Waals surface area contributed by atoms with Crippen molar-refractivity contribution in [3.63, 3.8) is 0 Å². The smallest absolute Gasteiger partial charge is 0.308 e. The van der Waals surface area contributed by atoms with Gasteiger partial charge < -0.3 is 9.64 Å². The number of rotatable bonds is 7. The lowest BCUT2D eigenvalue weighted by Gasteiger charge is -2.31. The number of hydrogen-bond donors (Lipinski definition) is 0. The second-order valence-electron chi connectivity index (χ2n) is 9.21. The highest BCUT2D eigenvalue weighted by Crippen LogP contribution is 2.32. The number of fused-ring (bicyclic) bond motifs is 1. The Bertz CT molecular complexity index is 929. The average molecular weight is 438 g/mol. The second kappa shape index (κ2) is 10.3. The van der Waals surface area contributed by atoms with E-state index in [0.717, 1.165) is 57.3 Å². The van der Waals surface area contributed by atoms with Crippen LogP contribution in [-0.4, -0.2) is 39.7 Å². The molecule has 0 N–H and O–H groups in total. The van der Waals surface area contributed by atoms with Gasteiger partial charge in [-0.05, 0) is 69.4 Å². The lowest BCUT2D eigenvalue weighted by atomic mass is 9.80. The quantitative estimate of drug-likeness (QED) is 0.613. The molecule has 0 bridgehead atoms. The Balaban J connectivity index is 1.33. The molecule has 0 saturated heterocycles. The van der Waals surface area contributed by atoms with Gasteiger partial charge in [0.05, 0.1) is 30.5 Å². The fourth-order valence-electron chi connectivity index (χ4n) is 5.19. The first kappa shape index (κ1) is 22.6. The molecule has 0 atom stereocenters. The third kappa shape index (κ3) is 5.22. The van der Waals surface area contributed by atoms with Crippen LogP contribution in [0.25, 0.3) is 0 Å². The van der Waals surface area contributed by atoms with Gasteiger partial charge in [-0.1, -0.05) is 30.3 Å². The number of benzene rings is 1. The van der Waals surface area contributed by atoms with Crippen molar-refractivity contribution in [3.05, 3.63) is 52.8 Å². The predicted molar refractivity (Wildman–Crippen MR) is 123 cm³/mol. The van der Waals surface area contributed by atoms with Gasteiger partial charge in [-0.15, -0.1) is 0 Å². The number of ether oxygens (including phenoxy) is 1. The zero-order chi connectivity index (χ0) is 22.5. The SMILES string of the molecule is CCOC(=O)C1CCC(CC(=O)N2CCc3c(C)nn(CCc4ccccc4)c3C2)CC1. The van der Waals surface area contributed by atoms with E-state index in [1.165, 1.54) is 16.8 Å². The Morgan fingerprint density at radius 2 is 1.88 bits per heavy atom. The zero-order valence-electron chi connectivity index (χ0n) is 19.4. The van der Waals surface area contributed by atoms with E-state index in [9.17, 15) is 9.59 Å². The summed E-state index contributed by atoms with van der Waals surface area (Å²) in [5.74, 6) is 0.559. The van der Waals surface area contributed by atoms with Crippen molar-refractivity contribution in [2.45, 2.75) is 71.9 Å². The minimum Gasteiger partial charge on any atom is -0.466 e. The van der Waals surface area contributed by atoms with Crippen LogP contribution in [-0.2, 0) is 40.3 Å². The molecule has 2 aromatic rings. The number of aryl methyl sites for hydroxylation is 3. The van der Waals surface area contributed by atoms with Gasteiger partial charge in [-0.25, -0.2) is 0 Å². The van der Waals surface area contributed by atoms with Crippen LogP contribution in [0.15, 0.2) is 30.3 Å². The average Bonchev–Trinajstić information content (AvgIpc) is 3.14. The van der Waals surface area contributed by atoms with Crippen molar-refractivity contribution in [1.82, 2.24) is 14.7 Å². The molecule has 0 spiro atoms. The first-order chi connectivity index (χ1) is 15.5. The molecule has 1 aromatic carbocycles. The van der Waals surface area contributed by atoms with Crippen LogP contribution < -0.4 is 0 Å². The molecule has 2 aliphatic rings. The number of hydrogen-bond acceptors (Lipinski definition) is 4. The summed E-state index contributed by atoms with van der Waals surface area (Å²) in [6.45, 7) is 6.63. The van der Waals surface area contributed by atoms with E-state index < -0.39 is 0 Å². The minimum atomic E-state index is -0.0695. The highest BCUT2D eigenvalue weighted by molar-refractivity contribution is 5.77. The number of aromatic nitrogens is 2. The number of nitrogens with zero attached hydrogens (tertiary/aromatic N) is 3. The molecule has 4 rings (SSSR count). The number of carbonyl (C=O) groups excluding carboxylic acids is 2. The Labute approximate surface area is 190 Å². The number of carbonyl (C=O) groups is 2. The molecule has 1 aliphatic carbocycles. The van der Waals surface area contributed by atoms with Crippen LogP contribution in [0.4, 0.5) is 0 Å². The molecule has 172 valence electrons.